The SMILES string of the molecule is CC1=C(C(=O)Nc2ccccc2C)[C@H](c2ccc(C)o2)n2c(s/c(=C/c3cccs3)c2=O)=N1. The lowest BCUT2D eigenvalue weighted by molar-refractivity contribution is -0.113. The van der Waals surface area contributed by atoms with Crippen molar-refractivity contribution in [3.63, 3.8) is 0 Å². The molecule has 8 heteroatoms. The average Bonchev–Trinajstić information content (AvgIpc) is 3.51. The minimum Gasteiger partial charge on any atom is -0.464 e. The summed E-state index contributed by atoms with van der Waals surface area (Å²) >= 11 is 2.88. The number of anilines is 1. The molecule has 166 valence electrons. The number of furan rings is 1. The highest BCUT2D eigenvalue weighted by molar-refractivity contribution is 7.11. The molecule has 4 heterocycles. The first-order valence-electron chi connectivity index (χ1n) is 10.4. The quantitative estimate of drug-likeness (QED) is 0.482. The highest BCUT2D eigenvalue weighted by atomic mass is 32.1. The zero-order valence-corrected chi connectivity index (χ0v) is 19.9. The van der Waals surface area contributed by atoms with Crippen molar-refractivity contribution < 1.29 is 9.21 Å². The fourth-order valence-corrected chi connectivity index (χ4v) is 5.66. The molecule has 0 spiro atoms. The van der Waals surface area contributed by atoms with E-state index in [1.165, 1.54) is 11.3 Å². The van der Waals surface area contributed by atoms with Gasteiger partial charge in [0.2, 0.25) is 0 Å². The monoisotopic (exact) mass is 475 g/mol. The number of benzene rings is 1. The molecule has 3 aromatic heterocycles. The number of thiophene rings is 1. The molecule has 1 amide bonds. The van der Waals surface area contributed by atoms with E-state index in [9.17, 15) is 9.59 Å². The molecule has 0 aliphatic carbocycles. The fourth-order valence-electron chi connectivity index (χ4n) is 3.89. The smallest absolute Gasteiger partial charge is 0.271 e. The Labute approximate surface area is 197 Å². The molecule has 0 saturated heterocycles. The largest absolute Gasteiger partial charge is 0.464 e. The van der Waals surface area contributed by atoms with Crippen LogP contribution in [0.25, 0.3) is 6.08 Å². The van der Waals surface area contributed by atoms with Crippen LogP contribution in [0, 0.1) is 13.8 Å². The maximum Gasteiger partial charge on any atom is 0.271 e. The molecule has 4 aromatic rings. The zero-order chi connectivity index (χ0) is 23.1. The molecular formula is C25H21N3O3S2. The van der Waals surface area contributed by atoms with Gasteiger partial charge in [0.15, 0.2) is 4.80 Å². The first kappa shape index (κ1) is 21.4. The molecule has 0 saturated carbocycles. The van der Waals surface area contributed by atoms with Crippen molar-refractivity contribution in [1.29, 1.82) is 0 Å². The van der Waals surface area contributed by atoms with E-state index in [2.05, 4.69) is 10.3 Å². The molecule has 0 fully saturated rings. The number of fused-ring (bicyclic) bond motifs is 1. The predicted molar refractivity (Wildman–Crippen MR) is 131 cm³/mol. The molecule has 33 heavy (non-hydrogen) atoms. The molecule has 0 radical (unpaired) electrons. The van der Waals surface area contributed by atoms with E-state index in [0.717, 1.165) is 10.4 Å². The van der Waals surface area contributed by atoms with Crippen molar-refractivity contribution in [2.45, 2.75) is 26.8 Å². The number of aromatic nitrogens is 1. The summed E-state index contributed by atoms with van der Waals surface area (Å²) < 4.78 is 8.07. The second-order valence-corrected chi connectivity index (χ2v) is 9.80. The zero-order valence-electron chi connectivity index (χ0n) is 18.3. The fraction of sp³-hybridized carbons (Fsp3) is 0.160. The summed E-state index contributed by atoms with van der Waals surface area (Å²) in [5.74, 6) is 0.927. The number of hydrogen-bond acceptors (Lipinski definition) is 6. The highest BCUT2D eigenvalue weighted by Gasteiger charge is 2.34. The molecule has 6 nitrogen and oxygen atoms in total. The van der Waals surface area contributed by atoms with E-state index >= 15 is 0 Å². The summed E-state index contributed by atoms with van der Waals surface area (Å²) in [6, 6.07) is 14.4. The Morgan fingerprint density at radius 2 is 1.94 bits per heavy atom. The van der Waals surface area contributed by atoms with Crippen LogP contribution in [-0.4, -0.2) is 10.5 Å². The third kappa shape index (κ3) is 3.92. The van der Waals surface area contributed by atoms with Gasteiger partial charge in [0.05, 0.1) is 15.8 Å². The molecule has 1 N–H and O–H groups in total. The number of nitrogens with one attached hydrogen (secondary N) is 1. The number of rotatable bonds is 4. The maximum absolute atomic E-state index is 13.5. The lowest BCUT2D eigenvalue weighted by Crippen LogP contribution is -2.40. The Hall–Kier alpha value is -3.49. The van der Waals surface area contributed by atoms with Crippen LogP contribution in [0.2, 0.25) is 0 Å². The van der Waals surface area contributed by atoms with Crippen LogP contribution in [0.4, 0.5) is 5.69 Å². The van der Waals surface area contributed by atoms with Gasteiger partial charge in [0.25, 0.3) is 11.5 Å². The van der Waals surface area contributed by atoms with Crippen molar-refractivity contribution in [1.82, 2.24) is 4.57 Å². The Bertz CT molecular complexity index is 1570. The summed E-state index contributed by atoms with van der Waals surface area (Å²) in [5, 5.41) is 4.96. The van der Waals surface area contributed by atoms with Gasteiger partial charge in [-0.25, -0.2) is 4.99 Å². The maximum atomic E-state index is 13.5. The number of aryl methyl sites for hydroxylation is 2. The molecule has 0 bridgehead atoms. The van der Waals surface area contributed by atoms with E-state index in [1.807, 2.05) is 73.8 Å². The summed E-state index contributed by atoms with van der Waals surface area (Å²) in [6.07, 6.45) is 1.87. The minimum absolute atomic E-state index is 0.195. The Balaban J connectivity index is 1.67. The standard InChI is InChI=1S/C25H21N3O3S2/c1-14-7-4-5-9-18(14)27-23(29)21-16(3)26-25-28(22(21)19-11-10-15(2)31-19)24(30)20(33-25)13-17-8-6-12-32-17/h4-13,22H,1-3H3,(H,27,29)/b20-13+/t22-/m0/s1. The van der Waals surface area contributed by atoms with Gasteiger partial charge in [-0.3, -0.25) is 14.2 Å². The molecule has 1 aliphatic heterocycles. The first-order valence-corrected chi connectivity index (χ1v) is 12.1. The van der Waals surface area contributed by atoms with E-state index in [-0.39, 0.29) is 11.5 Å². The second-order valence-electron chi connectivity index (χ2n) is 7.81. The van der Waals surface area contributed by atoms with Crippen molar-refractivity contribution in [3.8, 4) is 0 Å². The number of amides is 1. The van der Waals surface area contributed by atoms with Gasteiger partial charge in [-0.1, -0.05) is 35.6 Å². The molecule has 1 aliphatic rings. The Morgan fingerprint density at radius 1 is 1.12 bits per heavy atom. The van der Waals surface area contributed by atoms with Crippen LogP contribution >= 0.6 is 22.7 Å². The second kappa shape index (κ2) is 8.46. The van der Waals surface area contributed by atoms with Crippen LogP contribution in [-0.2, 0) is 4.79 Å². The lowest BCUT2D eigenvalue weighted by Gasteiger charge is -2.23. The van der Waals surface area contributed by atoms with Crippen LogP contribution in [0.1, 0.15) is 34.9 Å². The van der Waals surface area contributed by atoms with Crippen LogP contribution in [0.3, 0.4) is 0 Å². The van der Waals surface area contributed by atoms with Crippen molar-refractivity contribution >= 4 is 40.3 Å². The molecule has 1 atom stereocenters. The molecular weight excluding hydrogens is 454 g/mol. The summed E-state index contributed by atoms with van der Waals surface area (Å²) in [4.78, 5) is 33.2. The molecule has 5 rings (SSSR count). The third-order valence-electron chi connectivity index (χ3n) is 5.51. The summed E-state index contributed by atoms with van der Waals surface area (Å²) in [5.41, 5.74) is 2.42. The third-order valence-corrected chi connectivity index (χ3v) is 7.31. The Kier molecular flexibility index (Phi) is 5.47. The minimum atomic E-state index is -0.704. The van der Waals surface area contributed by atoms with Gasteiger partial charge in [0.1, 0.15) is 17.6 Å². The van der Waals surface area contributed by atoms with E-state index in [1.54, 1.807) is 22.8 Å². The van der Waals surface area contributed by atoms with Gasteiger partial charge in [-0.05, 0) is 62.1 Å². The number of thiazole rings is 1. The number of carbonyl (C=O) groups is 1. The number of nitrogens with zero attached hydrogens (tertiary/aromatic N) is 2. The summed E-state index contributed by atoms with van der Waals surface area (Å²) in [7, 11) is 0. The van der Waals surface area contributed by atoms with Crippen LogP contribution in [0.5, 0.6) is 0 Å². The van der Waals surface area contributed by atoms with Crippen LogP contribution in [0.15, 0.2) is 79.4 Å². The number of carbonyl (C=O) groups excluding carboxylic acids is 1. The molecule has 0 unspecified atom stereocenters. The first-order chi connectivity index (χ1) is 15.9. The van der Waals surface area contributed by atoms with Crippen LogP contribution < -0.4 is 20.2 Å². The van der Waals surface area contributed by atoms with E-state index in [4.69, 9.17) is 4.42 Å². The van der Waals surface area contributed by atoms with Gasteiger partial charge >= 0.3 is 0 Å². The van der Waals surface area contributed by atoms with Crippen molar-refractivity contribution in [3.05, 3.63) is 107 Å². The highest BCUT2D eigenvalue weighted by Crippen LogP contribution is 2.32. The van der Waals surface area contributed by atoms with Gasteiger partial charge in [-0.2, -0.15) is 0 Å². The van der Waals surface area contributed by atoms with Gasteiger partial charge < -0.3 is 9.73 Å². The van der Waals surface area contributed by atoms with E-state index < -0.39 is 6.04 Å². The predicted octanol–water partition coefficient (Wildman–Crippen LogP) is 4.15. The molecule has 1 aromatic carbocycles. The number of allylic oxidation sites excluding steroid dienone is 1. The number of para-hydroxylation sites is 1. The number of hydrogen-bond donors (Lipinski definition) is 1. The lowest BCUT2D eigenvalue weighted by atomic mass is 10.00. The normalized spacial score (nSPS) is 16.0. The van der Waals surface area contributed by atoms with Gasteiger partial charge in [0, 0.05) is 10.6 Å². The van der Waals surface area contributed by atoms with Gasteiger partial charge in [-0.15, -0.1) is 11.3 Å². The average molecular weight is 476 g/mol. The topological polar surface area (TPSA) is 76.6 Å². The van der Waals surface area contributed by atoms with Crippen molar-refractivity contribution in [2.24, 2.45) is 4.99 Å². The van der Waals surface area contributed by atoms with Crippen molar-refractivity contribution in [2.75, 3.05) is 5.32 Å². The van der Waals surface area contributed by atoms with E-state index in [0.29, 0.717) is 37.8 Å². The Morgan fingerprint density at radius 3 is 2.64 bits per heavy atom. The summed E-state index contributed by atoms with van der Waals surface area (Å²) in [6.45, 7) is 5.57.